The molecule has 0 aromatic heterocycles. The van der Waals surface area contributed by atoms with Crippen LogP contribution in [-0.2, 0) is 4.79 Å². The molecule has 1 rings (SSSR count). The topological polar surface area (TPSA) is 38.7 Å². The predicted molar refractivity (Wildman–Crippen MR) is 119 cm³/mol. The van der Waals surface area contributed by atoms with Crippen LogP contribution in [0.15, 0.2) is 29.3 Å². The fraction of sp³-hybridized carbons (Fsp3) is 0.720. The van der Waals surface area contributed by atoms with Gasteiger partial charge in [0.1, 0.15) is 5.75 Å². The Morgan fingerprint density at radius 3 is 1.54 bits per heavy atom. The normalized spacial score (nSPS) is 10.6. The average molecular weight is 388 g/mol. The molecule has 3 heteroatoms. The lowest BCUT2D eigenvalue weighted by Gasteiger charge is -2.06. The largest absolute Gasteiger partial charge is 0.494 e. The molecule has 0 fully saturated rings. The summed E-state index contributed by atoms with van der Waals surface area (Å²) < 4.78 is 5.72. The van der Waals surface area contributed by atoms with Crippen molar-refractivity contribution in [3.63, 3.8) is 0 Å². The summed E-state index contributed by atoms with van der Waals surface area (Å²) in [4.78, 5) is 13.8. The van der Waals surface area contributed by atoms with Crippen molar-refractivity contribution in [1.82, 2.24) is 0 Å². The van der Waals surface area contributed by atoms with Crippen molar-refractivity contribution in [3.05, 3.63) is 24.3 Å². The minimum atomic E-state index is 0.616. The smallest absolute Gasteiger partial charge is 0.240 e. The monoisotopic (exact) mass is 387 g/mol. The zero-order valence-corrected chi connectivity index (χ0v) is 18.1. The van der Waals surface area contributed by atoms with E-state index in [0.717, 1.165) is 18.8 Å². The van der Waals surface area contributed by atoms with Gasteiger partial charge in [0.05, 0.1) is 12.3 Å². The number of unbranched alkanes of at least 4 members (excludes halogenated alkanes) is 15. The van der Waals surface area contributed by atoms with Crippen LogP contribution in [0.2, 0.25) is 0 Å². The van der Waals surface area contributed by atoms with Crippen molar-refractivity contribution >= 4 is 11.8 Å². The van der Waals surface area contributed by atoms with Gasteiger partial charge in [0.15, 0.2) is 0 Å². The maximum absolute atomic E-state index is 10.2. The molecule has 0 N–H and O–H groups in total. The standard InChI is InChI=1S/C25H41NO2/c1-2-3-4-5-6-7-8-9-10-11-12-13-14-15-16-17-22-28-25-20-18-24(19-21-25)26-23-27/h18-21H,2-17,22H2,1H3. The highest BCUT2D eigenvalue weighted by Gasteiger charge is 1.97. The molecular weight excluding hydrogens is 346 g/mol. The molecule has 0 atom stereocenters. The molecule has 0 aliphatic rings. The van der Waals surface area contributed by atoms with Gasteiger partial charge in [0, 0.05) is 0 Å². The molecule has 0 saturated carbocycles. The van der Waals surface area contributed by atoms with Gasteiger partial charge < -0.3 is 4.74 Å². The van der Waals surface area contributed by atoms with E-state index in [1.165, 1.54) is 96.3 Å². The van der Waals surface area contributed by atoms with Crippen LogP contribution < -0.4 is 4.74 Å². The van der Waals surface area contributed by atoms with Gasteiger partial charge >= 0.3 is 0 Å². The first-order valence-corrected chi connectivity index (χ1v) is 11.7. The number of isocyanates is 1. The number of nitrogens with zero attached hydrogens (tertiary/aromatic N) is 1. The summed E-state index contributed by atoms with van der Waals surface area (Å²) in [6.45, 7) is 3.04. The number of hydrogen-bond acceptors (Lipinski definition) is 3. The van der Waals surface area contributed by atoms with Crippen LogP contribution in [0.4, 0.5) is 5.69 Å². The van der Waals surface area contributed by atoms with E-state index >= 15 is 0 Å². The highest BCUT2D eigenvalue weighted by Crippen LogP contribution is 2.18. The van der Waals surface area contributed by atoms with Crippen molar-refractivity contribution < 1.29 is 9.53 Å². The van der Waals surface area contributed by atoms with Crippen LogP contribution >= 0.6 is 0 Å². The van der Waals surface area contributed by atoms with E-state index in [0.29, 0.717) is 5.69 Å². The molecule has 0 aliphatic heterocycles. The number of aliphatic imine (C=N–C) groups is 1. The molecule has 0 radical (unpaired) electrons. The van der Waals surface area contributed by atoms with Crippen LogP contribution in [0.25, 0.3) is 0 Å². The van der Waals surface area contributed by atoms with Crippen molar-refractivity contribution in [1.29, 1.82) is 0 Å². The molecular formula is C25H41NO2. The van der Waals surface area contributed by atoms with E-state index in [-0.39, 0.29) is 0 Å². The van der Waals surface area contributed by atoms with Gasteiger partial charge in [-0.05, 0) is 30.7 Å². The number of rotatable bonds is 19. The minimum Gasteiger partial charge on any atom is -0.494 e. The van der Waals surface area contributed by atoms with Crippen molar-refractivity contribution in [2.24, 2.45) is 4.99 Å². The van der Waals surface area contributed by atoms with Crippen LogP contribution in [-0.4, -0.2) is 12.7 Å². The summed E-state index contributed by atoms with van der Waals surface area (Å²) in [5, 5.41) is 0. The van der Waals surface area contributed by atoms with Crippen LogP contribution in [0.1, 0.15) is 110 Å². The predicted octanol–water partition coefficient (Wildman–Crippen LogP) is 8.29. The number of carbonyl (C=O) groups excluding carboxylic acids is 1. The minimum absolute atomic E-state index is 0.616. The van der Waals surface area contributed by atoms with E-state index in [1.54, 1.807) is 18.2 Å². The van der Waals surface area contributed by atoms with Gasteiger partial charge in [0.2, 0.25) is 6.08 Å². The van der Waals surface area contributed by atoms with E-state index in [1.807, 2.05) is 12.1 Å². The van der Waals surface area contributed by atoms with Crippen molar-refractivity contribution in [3.8, 4) is 5.75 Å². The summed E-state index contributed by atoms with van der Waals surface area (Å²) in [7, 11) is 0. The Morgan fingerprint density at radius 1 is 0.679 bits per heavy atom. The molecule has 1 aromatic rings. The van der Waals surface area contributed by atoms with Gasteiger partial charge in [-0.3, -0.25) is 0 Å². The molecule has 1 aromatic carbocycles. The summed E-state index contributed by atoms with van der Waals surface area (Å²) in [5.41, 5.74) is 0.616. The Hall–Kier alpha value is -1.60. The lowest BCUT2D eigenvalue weighted by Crippen LogP contribution is -1.96. The Bertz CT molecular complexity index is 506. The first kappa shape index (κ1) is 24.4. The van der Waals surface area contributed by atoms with E-state index < -0.39 is 0 Å². The third kappa shape index (κ3) is 14.5. The average Bonchev–Trinajstić information content (AvgIpc) is 2.72. The Balaban J connectivity index is 1.79. The number of benzene rings is 1. The molecule has 0 aliphatic carbocycles. The second-order valence-electron chi connectivity index (χ2n) is 7.85. The van der Waals surface area contributed by atoms with Crippen LogP contribution in [0.5, 0.6) is 5.75 Å². The van der Waals surface area contributed by atoms with Crippen molar-refractivity contribution in [2.75, 3.05) is 6.61 Å². The summed E-state index contributed by atoms with van der Waals surface area (Å²) in [5.74, 6) is 0.839. The van der Waals surface area contributed by atoms with Gasteiger partial charge in [0.25, 0.3) is 0 Å². The van der Waals surface area contributed by atoms with E-state index in [9.17, 15) is 4.79 Å². The zero-order chi connectivity index (χ0) is 20.1. The van der Waals surface area contributed by atoms with Crippen molar-refractivity contribution in [2.45, 2.75) is 110 Å². The van der Waals surface area contributed by atoms with Gasteiger partial charge in [-0.2, -0.15) is 4.99 Å². The Kier molecular flexibility index (Phi) is 16.4. The lowest BCUT2D eigenvalue weighted by atomic mass is 10.0. The maximum atomic E-state index is 10.2. The molecule has 0 heterocycles. The summed E-state index contributed by atoms with van der Waals surface area (Å²) in [6.07, 6.45) is 23.6. The molecule has 0 unspecified atom stereocenters. The highest BCUT2D eigenvalue weighted by molar-refractivity contribution is 5.49. The SMILES string of the molecule is CCCCCCCCCCCCCCCCCCOc1ccc(N=C=O)cc1. The number of hydrogen-bond donors (Lipinski definition) is 0. The fourth-order valence-electron chi connectivity index (χ4n) is 3.51. The Morgan fingerprint density at radius 2 is 1.11 bits per heavy atom. The van der Waals surface area contributed by atoms with Crippen LogP contribution in [0, 0.1) is 0 Å². The first-order chi connectivity index (χ1) is 13.9. The molecule has 0 amide bonds. The first-order valence-electron chi connectivity index (χ1n) is 11.7. The number of ether oxygens (including phenoxy) is 1. The molecule has 0 saturated heterocycles. The van der Waals surface area contributed by atoms with E-state index in [2.05, 4.69) is 11.9 Å². The van der Waals surface area contributed by atoms with Gasteiger partial charge in [-0.25, -0.2) is 4.79 Å². The molecule has 0 spiro atoms. The zero-order valence-electron chi connectivity index (χ0n) is 18.1. The quantitative estimate of drug-likeness (QED) is 0.136. The molecule has 0 bridgehead atoms. The second kappa shape index (κ2) is 18.7. The molecule has 3 nitrogen and oxygen atoms in total. The maximum Gasteiger partial charge on any atom is 0.240 e. The lowest BCUT2D eigenvalue weighted by molar-refractivity contribution is 0.304. The van der Waals surface area contributed by atoms with Gasteiger partial charge in [-0.15, -0.1) is 0 Å². The van der Waals surface area contributed by atoms with E-state index in [4.69, 9.17) is 4.74 Å². The molecule has 28 heavy (non-hydrogen) atoms. The Labute approximate surface area is 173 Å². The molecule has 158 valence electrons. The highest BCUT2D eigenvalue weighted by atomic mass is 16.5. The second-order valence-corrected chi connectivity index (χ2v) is 7.85. The van der Waals surface area contributed by atoms with Crippen LogP contribution in [0.3, 0.4) is 0 Å². The third-order valence-corrected chi connectivity index (χ3v) is 5.28. The fourth-order valence-corrected chi connectivity index (χ4v) is 3.51. The van der Waals surface area contributed by atoms with Gasteiger partial charge in [-0.1, -0.05) is 103 Å². The summed E-state index contributed by atoms with van der Waals surface area (Å²) in [6, 6.07) is 7.24. The summed E-state index contributed by atoms with van der Waals surface area (Å²) >= 11 is 0. The third-order valence-electron chi connectivity index (χ3n) is 5.28.